The molecule has 0 bridgehead atoms. The van der Waals surface area contributed by atoms with Gasteiger partial charge in [-0.1, -0.05) is 0 Å². The number of ether oxygens (including phenoxy) is 3. The highest BCUT2D eigenvalue weighted by molar-refractivity contribution is 6.07. The van der Waals surface area contributed by atoms with Crippen molar-refractivity contribution in [1.29, 1.82) is 0 Å². The number of H-pyrrole nitrogens is 1. The quantitative estimate of drug-likeness (QED) is 0.812. The van der Waals surface area contributed by atoms with Crippen molar-refractivity contribution in [2.75, 3.05) is 26.6 Å². The predicted molar refractivity (Wildman–Crippen MR) is 93.8 cm³/mol. The molecule has 2 N–H and O–H groups in total. The largest absolute Gasteiger partial charge is 0.493 e. The lowest BCUT2D eigenvalue weighted by molar-refractivity contribution is 0.0599. The third kappa shape index (κ3) is 3.45. The van der Waals surface area contributed by atoms with Crippen LogP contribution in [0.4, 0.5) is 5.69 Å². The standard InChI is InChI=1S/C18H22N2O5/c1-9-7-13(23-4)14(24-5)8-12(9)20-17(21)16-10(2)15(11(3)19-16)18(22)25-6/h7-8,19H,1-6H3,(H,20,21). The van der Waals surface area contributed by atoms with Crippen molar-refractivity contribution in [3.8, 4) is 11.5 Å². The number of anilines is 1. The second-order valence-corrected chi connectivity index (χ2v) is 5.59. The summed E-state index contributed by atoms with van der Waals surface area (Å²) in [6.07, 6.45) is 0. The van der Waals surface area contributed by atoms with Crippen molar-refractivity contribution in [2.45, 2.75) is 20.8 Å². The Hall–Kier alpha value is -2.96. The Bertz CT molecular complexity index is 823. The maximum absolute atomic E-state index is 12.7. The first kappa shape index (κ1) is 18.4. The van der Waals surface area contributed by atoms with Crippen molar-refractivity contribution in [1.82, 2.24) is 4.98 Å². The van der Waals surface area contributed by atoms with Gasteiger partial charge in [-0.3, -0.25) is 4.79 Å². The van der Waals surface area contributed by atoms with Gasteiger partial charge in [-0.2, -0.15) is 0 Å². The topological polar surface area (TPSA) is 89.7 Å². The van der Waals surface area contributed by atoms with Crippen LogP contribution in [0, 0.1) is 20.8 Å². The lowest BCUT2D eigenvalue weighted by Crippen LogP contribution is -2.15. The Labute approximate surface area is 146 Å². The number of rotatable bonds is 5. The highest BCUT2D eigenvalue weighted by Crippen LogP contribution is 2.33. The van der Waals surface area contributed by atoms with E-state index in [-0.39, 0.29) is 5.91 Å². The Morgan fingerprint density at radius 2 is 1.60 bits per heavy atom. The van der Waals surface area contributed by atoms with Crippen molar-refractivity contribution in [3.05, 3.63) is 40.2 Å². The van der Waals surface area contributed by atoms with Crippen LogP contribution in [0.2, 0.25) is 0 Å². The molecular formula is C18H22N2O5. The molecule has 7 nitrogen and oxygen atoms in total. The molecule has 0 fully saturated rings. The highest BCUT2D eigenvalue weighted by Gasteiger charge is 2.23. The number of hydrogen-bond donors (Lipinski definition) is 2. The first-order chi connectivity index (χ1) is 11.8. The summed E-state index contributed by atoms with van der Waals surface area (Å²) < 4.78 is 15.3. The van der Waals surface area contributed by atoms with Gasteiger partial charge in [-0.15, -0.1) is 0 Å². The van der Waals surface area contributed by atoms with Gasteiger partial charge in [0, 0.05) is 17.4 Å². The maximum Gasteiger partial charge on any atom is 0.339 e. The predicted octanol–water partition coefficient (Wildman–Crippen LogP) is 3.00. The fourth-order valence-corrected chi connectivity index (χ4v) is 2.69. The minimum Gasteiger partial charge on any atom is -0.493 e. The van der Waals surface area contributed by atoms with Gasteiger partial charge >= 0.3 is 5.97 Å². The fourth-order valence-electron chi connectivity index (χ4n) is 2.69. The van der Waals surface area contributed by atoms with Crippen LogP contribution < -0.4 is 14.8 Å². The smallest absolute Gasteiger partial charge is 0.339 e. The van der Waals surface area contributed by atoms with Gasteiger partial charge < -0.3 is 24.5 Å². The van der Waals surface area contributed by atoms with Gasteiger partial charge in [-0.25, -0.2) is 4.79 Å². The fraction of sp³-hybridized carbons (Fsp3) is 0.333. The zero-order chi connectivity index (χ0) is 18.7. The van der Waals surface area contributed by atoms with E-state index in [0.717, 1.165) is 5.56 Å². The Balaban J connectivity index is 2.37. The van der Waals surface area contributed by atoms with Crippen LogP contribution in [0.25, 0.3) is 0 Å². The van der Waals surface area contributed by atoms with Crippen molar-refractivity contribution >= 4 is 17.6 Å². The van der Waals surface area contributed by atoms with Crippen molar-refractivity contribution in [2.24, 2.45) is 0 Å². The van der Waals surface area contributed by atoms with E-state index in [1.807, 2.05) is 6.92 Å². The minimum absolute atomic E-state index is 0.312. The summed E-state index contributed by atoms with van der Waals surface area (Å²) in [5.41, 5.74) is 3.22. The monoisotopic (exact) mass is 346 g/mol. The van der Waals surface area contributed by atoms with E-state index in [1.54, 1.807) is 33.1 Å². The zero-order valence-corrected chi connectivity index (χ0v) is 15.2. The number of aromatic nitrogens is 1. The van der Waals surface area contributed by atoms with Gasteiger partial charge in [0.2, 0.25) is 0 Å². The number of benzene rings is 1. The van der Waals surface area contributed by atoms with Crippen LogP contribution in [0.3, 0.4) is 0 Å². The van der Waals surface area contributed by atoms with E-state index >= 15 is 0 Å². The van der Waals surface area contributed by atoms with E-state index in [9.17, 15) is 9.59 Å². The van der Waals surface area contributed by atoms with Crippen LogP contribution in [0.1, 0.15) is 37.7 Å². The third-order valence-corrected chi connectivity index (χ3v) is 4.03. The van der Waals surface area contributed by atoms with Crippen LogP contribution in [-0.4, -0.2) is 38.2 Å². The molecule has 0 spiro atoms. The number of aromatic amines is 1. The number of nitrogens with one attached hydrogen (secondary N) is 2. The van der Waals surface area contributed by atoms with Crippen LogP contribution in [-0.2, 0) is 4.74 Å². The molecule has 25 heavy (non-hydrogen) atoms. The average molecular weight is 346 g/mol. The lowest BCUT2D eigenvalue weighted by Gasteiger charge is -2.13. The second-order valence-electron chi connectivity index (χ2n) is 5.59. The molecule has 1 aromatic heterocycles. The summed E-state index contributed by atoms with van der Waals surface area (Å²) in [6, 6.07) is 3.47. The molecule has 2 rings (SSSR count). The Kier molecular flexibility index (Phi) is 5.36. The molecule has 0 aliphatic rings. The molecule has 1 aromatic carbocycles. The lowest BCUT2D eigenvalue weighted by atomic mass is 10.1. The number of esters is 1. The van der Waals surface area contributed by atoms with Gasteiger partial charge in [0.15, 0.2) is 11.5 Å². The highest BCUT2D eigenvalue weighted by atomic mass is 16.5. The molecular weight excluding hydrogens is 324 g/mol. The third-order valence-electron chi connectivity index (χ3n) is 4.03. The molecule has 1 amide bonds. The zero-order valence-electron chi connectivity index (χ0n) is 15.2. The molecule has 0 saturated heterocycles. The van der Waals surface area contributed by atoms with E-state index in [4.69, 9.17) is 14.2 Å². The van der Waals surface area contributed by atoms with Gasteiger partial charge in [0.05, 0.1) is 26.9 Å². The molecule has 2 aromatic rings. The second kappa shape index (κ2) is 7.29. The maximum atomic E-state index is 12.7. The van der Waals surface area contributed by atoms with Crippen LogP contribution in [0.15, 0.2) is 12.1 Å². The molecule has 134 valence electrons. The average Bonchev–Trinajstić information content (AvgIpc) is 2.90. The van der Waals surface area contributed by atoms with Crippen LogP contribution in [0.5, 0.6) is 11.5 Å². The number of aryl methyl sites for hydroxylation is 2. The number of carbonyl (C=O) groups is 2. The SMILES string of the molecule is COC(=O)c1c(C)[nH]c(C(=O)Nc2cc(OC)c(OC)cc2C)c1C. The molecule has 0 unspecified atom stereocenters. The number of methoxy groups -OCH3 is 3. The first-order valence-electron chi connectivity index (χ1n) is 7.65. The normalized spacial score (nSPS) is 10.3. The van der Waals surface area contributed by atoms with Gasteiger partial charge in [0.25, 0.3) is 5.91 Å². The van der Waals surface area contributed by atoms with Crippen molar-refractivity contribution in [3.63, 3.8) is 0 Å². The number of carbonyl (C=O) groups excluding carboxylic acids is 2. The van der Waals surface area contributed by atoms with Crippen LogP contribution >= 0.6 is 0 Å². The summed E-state index contributed by atoms with van der Waals surface area (Å²) in [6.45, 7) is 5.27. The van der Waals surface area contributed by atoms with Crippen molar-refractivity contribution < 1.29 is 23.8 Å². The summed E-state index contributed by atoms with van der Waals surface area (Å²) in [5, 5.41) is 2.83. The number of hydrogen-bond acceptors (Lipinski definition) is 5. The molecule has 0 radical (unpaired) electrons. The van der Waals surface area contributed by atoms with E-state index in [0.29, 0.717) is 39.7 Å². The summed E-state index contributed by atoms with van der Waals surface area (Å²) >= 11 is 0. The first-order valence-corrected chi connectivity index (χ1v) is 7.65. The van der Waals surface area contributed by atoms with E-state index in [2.05, 4.69) is 10.3 Å². The summed E-state index contributed by atoms with van der Waals surface area (Å²) in [4.78, 5) is 27.5. The minimum atomic E-state index is -0.479. The van der Waals surface area contributed by atoms with E-state index in [1.165, 1.54) is 14.2 Å². The molecule has 0 aliphatic carbocycles. The Morgan fingerprint density at radius 1 is 1.00 bits per heavy atom. The summed E-state index contributed by atoms with van der Waals surface area (Å²) in [5.74, 6) is 0.259. The molecule has 1 heterocycles. The van der Waals surface area contributed by atoms with E-state index < -0.39 is 5.97 Å². The van der Waals surface area contributed by atoms with Gasteiger partial charge in [-0.05, 0) is 38.0 Å². The molecule has 0 saturated carbocycles. The molecule has 7 heteroatoms. The molecule has 0 atom stereocenters. The summed E-state index contributed by atoms with van der Waals surface area (Å²) in [7, 11) is 4.38. The van der Waals surface area contributed by atoms with Gasteiger partial charge in [0.1, 0.15) is 5.69 Å². The number of amides is 1. The molecule has 0 aliphatic heterocycles. The Morgan fingerprint density at radius 3 is 2.16 bits per heavy atom.